The monoisotopic (exact) mass is 258 g/mol. The summed E-state index contributed by atoms with van der Waals surface area (Å²) in [5.41, 5.74) is 6.61. The molecule has 6 heteroatoms. The summed E-state index contributed by atoms with van der Waals surface area (Å²) in [4.78, 5) is 11.1. The van der Waals surface area contributed by atoms with E-state index in [-0.39, 0.29) is 12.5 Å². The van der Waals surface area contributed by atoms with Gasteiger partial charge in [0.1, 0.15) is 5.75 Å². The van der Waals surface area contributed by atoms with Crippen LogP contribution in [-0.4, -0.2) is 24.7 Å². The van der Waals surface area contributed by atoms with Gasteiger partial charge in [0.2, 0.25) is 5.91 Å². The number of hydrogen-bond donors (Lipinski definition) is 3. The molecule has 0 spiro atoms. The number of nitrogens with two attached hydrogens (primary N) is 1. The normalized spacial score (nSPS) is 12.1. The van der Waals surface area contributed by atoms with E-state index < -0.39 is 6.04 Å². The van der Waals surface area contributed by atoms with Crippen molar-refractivity contribution in [2.75, 3.05) is 19.0 Å². The highest BCUT2D eigenvalue weighted by Gasteiger charge is 2.19. The zero-order chi connectivity index (χ0) is 13.0. The number of amides is 1. The van der Waals surface area contributed by atoms with Gasteiger partial charge in [-0.3, -0.25) is 4.79 Å². The lowest BCUT2D eigenvalue weighted by Gasteiger charge is -2.19. The van der Waals surface area contributed by atoms with E-state index in [9.17, 15) is 4.79 Å². The van der Waals surface area contributed by atoms with Gasteiger partial charge in [0.05, 0.1) is 25.4 Å². The number of aliphatic hydroxyl groups excluding tert-OH is 1. The minimum atomic E-state index is -0.681. The Hall–Kier alpha value is -1.30. The van der Waals surface area contributed by atoms with Gasteiger partial charge in [-0.2, -0.15) is 0 Å². The van der Waals surface area contributed by atoms with Crippen LogP contribution in [-0.2, 0) is 4.79 Å². The summed E-state index contributed by atoms with van der Waals surface area (Å²) in [5, 5.41) is 12.1. The van der Waals surface area contributed by atoms with Crippen molar-refractivity contribution >= 4 is 23.2 Å². The van der Waals surface area contributed by atoms with Gasteiger partial charge < -0.3 is 20.9 Å². The van der Waals surface area contributed by atoms with E-state index >= 15 is 0 Å². The van der Waals surface area contributed by atoms with Gasteiger partial charge in [-0.05, 0) is 12.1 Å². The van der Waals surface area contributed by atoms with Crippen molar-refractivity contribution < 1.29 is 14.6 Å². The molecule has 4 N–H and O–H groups in total. The molecular formula is C11H15ClN2O3. The van der Waals surface area contributed by atoms with E-state index in [0.29, 0.717) is 22.0 Å². The van der Waals surface area contributed by atoms with Gasteiger partial charge in [0.25, 0.3) is 0 Å². The lowest BCUT2D eigenvalue weighted by Crippen LogP contribution is -2.19. The van der Waals surface area contributed by atoms with Crippen LogP contribution >= 0.6 is 11.6 Å². The van der Waals surface area contributed by atoms with Gasteiger partial charge >= 0.3 is 0 Å². The fourth-order valence-electron chi connectivity index (χ4n) is 1.50. The average molecular weight is 259 g/mol. The number of halogens is 1. The second-order valence-electron chi connectivity index (χ2n) is 3.51. The third kappa shape index (κ3) is 3.09. The highest BCUT2D eigenvalue weighted by Crippen LogP contribution is 2.36. The van der Waals surface area contributed by atoms with Crippen molar-refractivity contribution in [2.45, 2.75) is 13.0 Å². The predicted octanol–water partition coefficient (Wildman–Crippen LogP) is 1.30. The maximum absolute atomic E-state index is 11.1. The predicted molar refractivity (Wildman–Crippen MR) is 66.3 cm³/mol. The van der Waals surface area contributed by atoms with Gasteiger partial charge in [0, 0.05) is 17.5 Å². The fraction of sp³-hybridized carbons (Fsp3) is 0.364. The topological polar surface area (TPSA) is 84.6 Å². The van der Waals surface area contributed by atoms with Crippen LogP contribution in [0, 0.1) is 0 Å². The number of benzene rings is 1. The lowest BCUT2D eigenvalue weighted by molar-refractivity contribution is -0.114. The fourth-order valence-corrected chi connectivity index (χ4v) is 1.80. The maximum atomic E-state index is 11.1. The highest BCUT2D eigenvalue weighted by molar-refractivity contribution is 6.32. The number of carbonyl (C=O) groups excluding carboxylic acids is 1. The Kier molecular flexibility index (Phi) is 4.74. The molecule has 1 aromatic rings. The molecule has 1 amide bonds. The molecule has 0 bridgehead atoms. The molecule has 17 heavy (non-hydrogen) atoms. The quantitative estimate of drug-likeness (QED) is 0.760. The molecule has 0 aliphatic rings. The Morgan fingerprint density at radius 3 is 2.76 bits per heavy atom. The SMILES string of the molecule is COc1ccc(Cl)c(C(N)CO)c1NC(C)=O. The summed E-state index contributed by atoms with van der Waals surface area (Å²) >= 11 is 6.02. The first kappa shape index (κ1) is 13.8. The van der Waals surface area contributed by atoms with Crippen LogP contribution in [0.25, 0.3) is 0 Å². The van der Waals surface area contributed by atoms with Crippen LogP contribution in [0.3, 0.4) is 0 Å². The molecule has 0 aromatic heterocycles. The number of carbonyl (C=O) groups is 1. The highest BCUT2D eigenvalue weighted by atomic mass is 35.5. The van der Waals surface area contributed by atoms with Crippen molar-refractivity contribution in [1.82, 2.24) is 0 Å². The standard InChI is InChI=1S/C11H15ClN2O3/c1-6(16)14-11-9(17-2)4-3-7(12)10(11)8(13)5-15/h3-4,8,15H,5,13H2,1-2H3,(H,14,16). The summed E-state index contributed by atoms with van der Waals surface area (Å²) in [7, 11) is 1.48. The van der Waals surface area contributed by atoms with Crippen molar-refractivity contribution in [2.24, 2.45) is 5.73 Å². The molecule has 0 radical (unpaired) electrons. The molecule has 1 rings (SSSR count). The molecule has 1 atom stereocenters. The first-order valence-corrected chi connectivity index (χ1v) is 5.39. The van der Waals surface area contributed by atoms with Gasteiger partial charge in [0.15, 0.2) is 0 Å². The number of rotatable bonds is 4. The number of ether oxygens (including phenoxy) is 1. The Labute approximate surface area is 105 Å². The molecule has 0 heterocycles. The largest absolute Gasteiger partial charge is 0.495 e. The molecule has 0 fully saturated rings. The molecule has 0 aliphatic heterocycles. The lowest BCUT2D eigenvalue weighted by atomic mass is 10.0. The number of aliphatic hydroxyl groups is 1. The minimum Gasteiger partial charge on any atom is -0.495 e. The Bertz CT molecular complexity index is 423. The Morgan fingerprint density at radius 1 is 1.65 bits per heavy atom. The second kappa shape index (κ2) is 5.86. The van der Waals surface area contributed by atoms with Gasteiger partial charge in [-0.25, -0.2) is 0 Å². The summed E-state index contributed by atoms with van der Waals surface area (Å²) in [5.74, 6) is 0.181. The molecule has 0 saturated heterocycles. The average Bonchev–Trinajstić information content (AvgIpc) is 2.28. The third-order valence-electron chi connectivity index (χ3n) is 2.24. The first-order valence-electron chi connectivity index (χ1n) is 5.01. The maximum Gasteiger partial charge on any atom is 0.221 e. The van der Waals surface area contributed by atoms with Crippen molar-refractivity contribution in [3.05, 3.63) is 22.7 Å². The van der Waals surface area contributed by atoms with E-state index in [1.807, 2.05) is 0 Å². The van der Waals surface area contributed by atoms with Crippen LogP contribution in [0.2, 0.25) is 5.02 Å². The van der Waals surface area contributed by atoms with Crippen LogP contribution in [0.5, 0.6) is 5.75 Å². The zero-order valence-electron chi connectivity index (χ0n) is 9.66. The smallest absolute Gasteiger partial charge is 0.221 e. The summed E-state index contributed by atoms with van der Waals surface area (Å²) in [6.45, 7) is 1.09. The van der Waals surface area contributed by atoms with Crippen molar-refractivity contribution in [3.8, 4) is 5.75 Å². The van der Waals surface area contributed by atoms with E-state index in [1.165, 1.54) is 14.0 Å². The zero-order valence-corrected chi connectivity index (χ0v) is 10.4. The Balaban J connectivity index is 3.36. The number of nitrogens with one attached hydrogen (secondary N) is 1. The summed E-state index contributed by atoms with van der Waals surface area (Å²) in [6, 6.07) is 2.55. The molecule has 1 unspecified atom stereocenters. The number of hydrogen-bond acceptors (Lipinski definition) is 4. The van der Waals surface area contributed by atoms with E-state index in [4.69, 9.17) is 27.2 Å². The van der Waals surface area contributed by atoms with Gasteiger partial charge in [-0.15, -0.1) is 0 Å². The molecular weight excluding hydrogens is 244 g/mol. The summed E-state index contributed by atoms with van der Waals surface area (Å²) in [6.07, 6.45) is 0. The molecule has 94 valence electrons. The number of methoxy groups -OCH3 is 1. The van der Waals surface area contributed by atoms with Crippen LogP contribution < -0.4 is 15.8 Å². The number of anilines is 1. The molecule has 0 aliphatic carbocycles. The van der Waals surface area contributed by atoms with Crippen LogP contribution in [0.15, 0.2) is 12.1 Å². The van der Waals surface area contributed by atoms with Crippen LogP contribution in [0.4, 0.5) is 5.69 Å². The third-order valence-corrected chi connectivity index (χ3v) is 2.57. The minimum absolute atomic E-state index is 0.267. The van der Waals surface area contributed by atoms with Crippen molar-refractivity contribution in [3.63, 3.8) is 0 Å². The Morgan fingerprint density at radius 2 is 2.29 bits per heavy atom. The van der Waals surface area contributed by atoms with E-state index in [2.05, 4.69) is 5.32 Å². The molecule has 1 aromatic carbocycles. The molecule has 5 nitrogen and oxygen atoms in total. The second-order valence-corrected chi connectivity index (χ2v) is 3.92. The molecule has 0 saturated carbocycles. The van der Waals surface area contributed by atoms with Gasteiger partial charge in [-0.1, -0.05) is 11.6 Å². The van der Waals surface area contributed by atoms with E-state index in [0.717, 1.165) is 0 Å². The van der Waals surface area contributed by atoms with Crippen LogP contribution in [0.1, 0.15) is 18.5 Å². The first-order chi connectivity index (χ1) is 8.01. The van der Waals surface area contributed by atoms with E-state index in [1.54, 1.807) is 12.1 Å². The van der Waals surface area contributed by atoms with Crippen molar-refractivity contribution in [1.29, 1.82) is 0 Å². The summed E-state index contributed by atoms with van der Waals surface area (Å²) < 4.78 is 5.13.